The number of hydrogen-bond donors (Lipinski definition) is 1. The third-order valence-electron chi connectivity index (χ3n) is 2.61. The molecule has 1 aliphatic carbocycles. The first-order valence-corrected chi connectivity index (χ1v) is 7.41. The maximum absolute atomic E-state index is 11.2. The van der Waals surface area contributed by atoms with Crippen molar-refractivity contribution >= 4 is 9.84 Å². The summed E-state index contributed by atoms with van der Waals surface area (Å²) in [6.45, 7) is 1.73. The van der Waals surface area contributed by atoms with Crippen molar-refractivity contribution in [2.45, 2.75) is 36.7 Å². The molecule has 5 nitrogen and oxygen atoms in total. The van der Waals surface area contributed by atoms with Crippen molar-refractivity contribution in [3.63, 3.8) is 0 Å². The predicted octanol–water partition coefficient (Wildman–Crippen LogP) is 0.429. The van der Waals surface area contributed by atoms with Crippen molar-refractivity contribution in [1.29, 1.82) is 0 Å². The average molecular weight is 243 g/mol. The Bertz CT molecular complexity index is 448. The van der Waals surface area contributed by atoms with Gasteiger partial charge in [0.15, 0.2) is 9.84 Å². The molecule has 0 unspecified atom stereocenters. The predicted molar refractivity (Wildman–Crippen MR) is 61.0 cm³/mol. The Morgan fingerprint density at radius 1 is 1.56 bits per heavy atom. The van der Waals surface area contributed by atoms with Gasteiger partial charge < -0.3 is 5.32 Å². The molecule has 0 atom stereocenters. The van der Waals surface area contributed by atoms with Crippen LogP contribution in [0.15, 0.2) is 17.3 Å². The van der Waals surface area contributed by atoms with E-state index in [-0.39, 0.29) is 0 Å². The van der Waals surface area contributed by atoms with Crippen LogP contribution in [0.25, 0.3) is 0 Å². The lowest BCUT2D eigenvalue weighted by Gasteiger charge is -2.02. The van der Waals surface area contributed by atoms with Crippen LogP contribution in [-0.4, -0.2) is 37.0 Å². The molecule has 16 heavy (non-hydrogen) atoms. The molecule has 2 rings (SSSR count). The quantitative estimate of drug-likeness (QED) is 0.736. The highest BCUT2D eigenvalue weighted by molar-refractivity contribution is 7.90. The van der Waals surface area contributed by atoms with Gasteiger partial charge in [-0.15, -0.1) is 0 Å². The van der Waals surface area contributed by atoms with E-state index < -0.39 is 9.84 Å². The van der Waals surface area contributed by atoms with E-state index >= 15 is 0 Å². The molecule has 0 aliphatic heterocycles. The first kappa shape index (κ1) is 11.6. The first-order valence-electron chi connectivity index (χ1n) is 5.51. The van der Waals surface area contributed by atoms with Gasteiger partial charge >= 0.3 is 0 Å². The molecule has 6 heteroatoms. The van der Waals surface area contributed by atoms with Gasteiger partial charge in [-0.3, -0.25) is 4.68 Å². The molecular weight excluding hydrogens is 226 g/mol. The minimum atomic E-state index is -3.11. The van der Waals surface area contributed by atoms with Crippen molar-refractivity contribution in [2.24, 2.45) is 0 Å². The Labute approximate surface area is 95.8 Å². The van der Waals surface area contributed by atoms with E-state index in [4.69, 9.17) is 0 Å². The first-order chi connectivity index (χ1) is 7.55. The van der Waals surface area contributed by atoms with Crippen LogP contribution in [0.1, 0.15) is 19.3 Å². The monoisotopic (exact) mass is 243 g/mol. The number of nitrogens with zero attached hydrogens (tertiary/aromatic N) is 2. The number of sulfone groups is 1. The summed E-state index contributed by atoms with van der Waals surface area (Å²) in [7, 11) is -3.11. The van der Waals surface area contributed by atoms with E-state index in [1.54, 1.807) is 10.9 Å². The summed E-state index contributed by atoms with van der Waals surface area (Å²) in [6, 6.07) is 0.726. The lowest BCUT2D eigenvalue weighted by molar-refractivity contribution is 0.541. The standard InChI is InChI=1S/C10H17N3O2S/c1-16(14,15)10-7-12-13(8-10)6-2-5-11-9-3-4-9/h7-9,11H,2-6H2,1H3. The van der Waals surface area contributed by atoms with Crippen molar-refractivity contribution in [3.05, 3.63) is 12.4 Å². The minimum absolute atomic E-state index is 0.294. The normalized spacial score (nSPS) is 16.6. The maximum Gasteiger partial charge on any atom is 0.178 e. The molecule has 1 aromatic rings. The molecule has 1 N–H and O–H groups in total. The van der Waals surface area contributed by atoms with Gasteiger partial charge in [0, 0.05) is 25.0 Å². The molecule has 1 saturated carbocycles. The highest BCUT2D eigenvalue weighted by Crippen LogP contribution is 2.18. The summed E-state index contributed by atoms with van der Waals surface area (Å²) < 4.78 is 24.1. The van der Waals surface area contributed by atoms with Gasteiger partial charge in [0.2, 0.25) is 0 Å². The summed E-state index contributed by atoms with van der Waals surface area (Å²) in [5.74, 6) is 0. The smallest absolute Gasteiger partial charge is 0.178 e. The molecule has 0 bridgehead atoms. The molecule has 1 aromatic heterocycles. The van der Waals surface area contributed by atoms with E-state index in [2.05, 4.69) is 10.4 Å². The van der Waals surface area contributed by atoms with Crippen molar-refractivity contribution in [3.8, 4) is 0 Å². The van der Waals surface area contributed by atoms with Gasteiger partial charge in [0.25, 0.3) is 0 Å². The number of nitrogens with one attached hydrogen (secondary N) is 1. The third kappa shape index (κ3) is 3.31. The second-order valence-electron chi connectivity index (χ2n) is 4.29. The van der Waals surface area contributed by atoms with Gasteiger partial charge in [-0.2, -0.15) is 5.10 Å². The molecule has 0 spiro atoms. The zero-order valence-corrected chi connectivity index (χ0v) is 10.2. The second-order valence-corrected chi connectivity index (χ2v) is 6.31. The zero-order valence-electron chi connectivity index (χ0n) is 9.39. The fourth-order valence-corrected chi connectivity index (χ4v) is 2.04. The summed E-state index contributed by atoms with van der Waals surface area (Å²) in [4.78, 5) is 0.294. The summed E-state index contributed by atoms with van der Waals surface area (Å²) in [5, 5.41) is 7.43. The fraction of sp³-hybridized carbons (Fsp3) is 0.700. The van der Waals surface area contributed by atoms with E-state index in [0.717, 1.165) is 25.6 Å². The molecule has 90 valence electrons. The molecule has 0 radical (unpaired) electrons. The van der Waals surface area contributed by atoms with E-state index in [1.165, 1.54) is 25.3 Å². The van der Waals surface area contributed by atoms with Crippen LogP contribution in [0.5, 0.6) is 0 Å². The molecule has 1 aliphatic rings. The number of rotatable bonds is 6. The summed E-state index contributed by atoms with van der Waals surface area (Å²) in [6.07, 6.45) is 7.75. The zero-order chi connectivity index (χ0) is 11.6. The van der Waals surface area contributed by atoms with Crippen molar-refractivity contribution in [2.75, 3.05) is 12.8 Å². The van der Waals surface area contributed by atoms with Gasteiger partial charge in [-0.1, -0.05) is 0 Å². The SMILES string of the molecule is CS(=O)(=O)c1cnn(CCCNC2CC2)c1. The Morgan fingerprint density at radius 3 is 2.88 bits per heavy atom. The van der Waals surface area contributed by atoms with Crippen molar-refractivity contribution in [1.82, 2.24) is 15.1 Å². The van der Waals surface area contributed by atoms with Crippen molar-refractivity contribution < 1.29 is 8.42 Å². The Morgan fingerprint density at radius 2 is 2.31 bits per heavy atom. The number of hydrogen-bond acceptors (Lipinski definition) is 4. The van der Waals surface area contributed by atoms with Gasteiger partial charge in [-0.05, 0) is 25.8 Å². The van der Waals surface area contributed by atoms with Crippen LogP contribution in [0, 0.1) is 0 Å². The third-order valence-corrected chi connectivity index (χ3v) is 3.68. The average Bonchev–Trinajstić information content (AvgIpc) is 2.88. The van der Waals surface area contributed by atoms with Crippen LogP contribution >= 0.6 is 0 Å². The van der Waals surface area contributed by atoms with Gasteiger partial charge in [-0.25, -0.2) is 8.42 Å². The lowest BCUT2D eigenvalue weighted by Crippen LogP contribution is -2.19. The number of aryl methyl sites for hydroxylation is 1. The highest BCUT2D eigenvalue weighted by atomic mass is 32.2. The van der Waals surface area contributed by atoms with Crippen LogP contribution < -0.4 is 5.32 Å². The summed E-state index contributed by atoms with van der Waals surface area (Å²) >= 11 is 0. The van der Waals surface area contributed by atoms with Gasteiger partial charge in [0.1, 0.15) is 4.90 Å². The molecule has 0 aromatic carbocycles. The molecule has 1 heterocycles. The molecular formula is C10H17N3O2S. The van der Waals surface area contributed by atoms with Crippen LogP contribution in [0.2, 0.25) is 0 Å². The fourth-order valence-electron chi connectivity index (χ4n) is 1.49. The highest BCUT2D eigenvalue weighted by Gasteiger charge is 2.19. The summed E-state index contributed by atoms with van der Waals surface area (Å²) in [5.41, 5.74) is 0. The van der Waals surface area contributed by atoms with E-state index in [9.17, 15) is 8.42 Å². The second kappa shape index (κ2) is 4.55. The van der Waals surface area contributed by atoms with E-state index in [1.807, 2.05) is 0 Å². The minimum Gasteiger partial charge on any atom is -0.314 e. The Balaban J connectivity index is 1.78. The Hall–Kier alpha value is -0.880. The van der Waals surface area contributed by atoms with Crippen LogP contribution in [0.4, 0.5) is 0 Å². The molecule has 0 amide bonds. The van der Waals surface area contributed by atoms with Crippen LogP contribution in [-0.2, 0) is 16.4 Å². The lowest BCUT2D eigenvalue weighted by atomic mass is 10.4. The molecule has 1 fully saturated rings. The molecule has 0 saturated heterocycles. The Kier molecular flexibility index (Phi) is 3.30. The van der Waals surface area contributed by atoms with Gasteiger partial charge in [0.05, 0.1) is 6.20 Å². The topological polar surface area (TPSA) is 64.0 Å². The number of aromatic nitrogens is 2. The van der Waals surface area contributed by atoms with E-state index in [0.29, 0.717) is 4.90 Å². The maximum atomic E-state index is 11.2. The largest absolute Gasteiger partial charge is 0.314 e. The van der Waals surface area contributed by atoms with Crippen LogP contribution in [0.3, 0.4) is 0 Å².